The number of hydrogen-bond acceptors (Lipinski definition) is 4. The van der Waals surface area contributed by atoms with Crippen molar-refractivity contribution in [2.45, 2.75) is 25.7 Å². The first-order valence-corrected chi connectivity index (χ1v) is 8.91. The van der Waals surface area contributed by atoms with E-state index in [-0.39, 0.29) is 5.91 Å². The molecule has 3 rings (SSSR count). The molecule has 0 atom stereocenters. The molecule has 6 heteroatoms. The van der Waals surface area contributed by atoms with Gasteiger partial charge in [-0.15, -0.1) is 0 Å². The number of benzene rings is 1. The lowest BCUT2D eigenvalue weighted by atomic mass is 10.2. The van der Waals surface area contributed by atoms with Crippen molar-refractivity contribution in [1.82, 2.24) is 9.88 Å². The number of carbonyl (C=O) groups excluding carboxylic acids is 1. The van der Waals surface area contributed by atoms with E-state index in [0.29, 0.717) is 22.2 Å². The molecule has 0 bridgehead atoms. The molecule has 0 aliphatic carbocycles. The minimum absolute atomic E-state index is 0.0192. The summed E-state index contributed by atoms with van der Waals surface area (Å²) in [5, 5.41) is 3.86. The Morgan fingerprint density at radius 1 is 1.16 bits per heavy atom. The van der Waals surface area contributed by atoms with Gasteiger partial charge in [-0.2, -0.15) is 0 Å². The highest BCUT2D eigenvalue weighted by Crippen LogP contribution is 2.27. The molecular weight excluding hydrogens is 338 g/mol. The monoisotopic (exact) mass is 359 g/mol. The normalized spacial score (nSPS) is 14.7. The average Bonchev–Trinajstić information content (AvgIpc) is 2.93. The van der Waals surface area contributed by atoms with Crippen molar-refractivity contribution < 1.29 is 9.53 Å². The first-order valence-electron chi connectivity index (χ1n) is 8.53. The van der Waals surface area contributed by atoms with Crippen LogP contribution in [-0.2, 0) is 0 Å². The van der Waals surface area contributed by atoms with Gasteiger partial charge in [0.25, 0.3) is 5.91 Å². The maximum Gasteiger partial charge on any atom is 0.255 e. The third-order valence-electron chi connectivity index (χ3n) is 4.32. The van der Waals surface area contributed by atoms with Gasteiger partial charge in [0.05, 0.1) is 12.7 Å². The van der Waals surface area contributed by atoms with Gasteiger partial charge in [-0.05, 0) is 43.2 Å². The molecule has 0 saturated carbocycles. The minimum Gasteiger partial charge on any atom is -0.493 e. The van der Waals surface area contributed by atoms with Crippen molar-refractivity contribution in [3.63, 3.8) is 0 Å². The highest BCUT2D eigenvalue weighted by atomic mass is 35.5. The van der Waals surface area contributed by atoms with Crippen LogP contribution >= 0.6 is 11.6 Å². The molecule has 1 aliphatic rings. The Hall–Kier alpha value is -2.27. The number of amides is 1. The summed E-state index contributed by atoms with van der Waals surface area (Å²) in [4.78, 5) is 19.0. The van der Waals surface area contributed by atoms with Crippen molar-refractivity contribution in [2.24, 2.45) is 0 Å². The summed E-state index contributed by atoms with van der Waals surface area (Å²) < 4.78 is 5.42. The van der Waals surface area contributed by atoms with Crippen LogP contribution in [0, 0.1) is 0 Å². The standard InChI is InChI=1S/C19H22ClN3O2/c1-25-17-12-14(19(24)23-10-4-2-3-5-11-23)13-21-18(17)22-16-8-6-15(20)7-9-16/h6-9,12-13H,2-5,10-11H2,1H3,(H,21,22). The minimum atomic E-state index is 0.0192. The molecular formula is C19H22ClN3O2. The number of likely N-dealkylation sites (tertiary alicyclic amines) is 1. The lowest BCUT2D eigenvalue weighted by Crippen LogP contribution is -2.31. The average molecular weight is 360 g/mol. The summed E-state index contributed by atoms with van der Waals surface area (Å²) in [6, 6.07) is 9.07. The van der Waals surface area contributed by atoms with E-state index in [9.17, 15) is 4.79 Å². The zero-order valence-corrected chi connectivity index (χ0v) is 15.1. The number of aromatic nitrogens is 1. The molecule has 25 heavy (non-hydrogen) atoms. The first-order chi connectivity index (χ1) is 12.2. The van der Waals surface area contributed by atoms with Crippen molar-refractivity contribution in [3.05, 3.63) is 47.1 Å². The zero-order chi connectivity index (χ0) is 17.6. The molecule has 0 spiro atoms. The number of nitrogens with zero attached hydrogens (tertiary/aromatic N) is 2. The molecule has 2 aromatic rings. The number of carbonyl (C=O) groups is 1. The Kier molecular flexibility index (Phi) is 5.76. The van der Waals surface area contributed by atoms with Crippen LogP contribution in [-0.4, -0.2) is 36.0 Å². The van der Waals surface area contributed by atoms with Gasteiger partial charge in [-0.1, -0.05) is 24.4 Å². The molecule has 1 fully saturated rings. The van der Waals surface area contributed by atoms with Crippen LogP contribution in [0.2, 0.25) is 5.02 Å². The number of rotatable bonds is 4. The maximum absolute atomic E-state index is 12.7. The number of nitrogens with one attached hydrogen (secondary N) is 1. The molecule has 0 radical (unpaired) electrons. The van der Waals surface area contributed by atoms with E-state index in [1.165, 1.54) is 12.8 Å². The maximum atomic E-state index is 12.7. The second-order valence-electron chi connectivity index (χ2n) is 6.11. The lowest BCUT2D eigenvalue weighted by molar-refractivity contribution is 0.0761. The number of ether oxygens (including phenoxy) is 1. The predicted octanol–water partition coefficient (Wildman–Crippen LogP) is 4.50. The van der Waals surface area contributed by atoms with Gasteiger partial charge in [0, 0.05) is 30.0 Å². The van der Waals surface area contributed by atoms with Crippen LogP contribution in [0.5, 0.6) is 5.75 Å². The zero-order valence-electron chi connectivity index (χ0n) is 14.3. The number of anilines is 2. The predicted molar refractivity (Wildman–Crippen MR) is 99.9 cm³/mol. The molecule has 132 valence electrons. The van der Waals surface area contributed by atoms with Crippen LogP contribution in [0.25, 0.3) is 0 Å². The summed E-state index contributed by atoms with van der Waals surface area (Å²) in [5.74, 6) is 1.12. The highest BCUT2D eigenvalue weighted by Gasteiger charge is 2.19. The SMILES string of the molecule is COc1cc(C(=O)N2CCCCCC2)cnc1Nc1ccc(Cl)cc1. The van der Waals surface area contributed by atoms with Gasteiger partial charge >= 0.3 is 0 Å². The van der Waals surface area contributed by atoms with Crippen LogP contribution in [0.4, 0.5) is 11.5 Å². The smallest absolute Gasteiger partial charge is 0.255 e. The summed E-state index contributed by atoms with van der Waals surface area (Å²) in [6.07, 6.45) is 6.11. The molecule has 1 N–H and O–H groups in total. The largest absolute Gasteiger partial charge is 0.493 e. The van der Waals surface area contributed by atoms with E-state index in [4.69, 9.17) is 16.3 Å². The van der Waals surface area contributed by atoms with Gasteiger partial charge in [-0.3, -0.25) is 4.79 Å². The van der Waals surface area contributed by atoms with Crippen molar-refractivity contribution in [2.75, 3.05) is 25.5 Å². The van der Waals surface area contributed by atoms with Crippen LogP contribution < -0.4 is 10.1 Å². The second kappa shape index (κ2) is 8.21. The Morgan fingerprint density at radius 3 is 2.48 bits per heavy atom. The molecule has 2 heterocycles. The van der Waals surface area contributed by atoms with Crippen LogP contribution in [0.1, 0.15) is 36.0 Å². The summed E-state index contributed by atoms with van der Waals surface area (Å²) in [6.45, 7) is 1.62. The van der Waals surface area contributed by atoms with E-state index < -0.39 is 0 Å². The van der Waals surface area contributed by atoms with E-state index in [2.05, 4.69) is 10.3 Å². The number of pyridine rings is 1. The Morgan fingerprint density at radius 2 is 1.84 bits per heavy atom. The Balaban J connectivity index is 1.78. The fourth-order valence-electron chi connectivity index (χ4n) is 2.94. The third kappa shape index (κ3) is 4.42. The third-order valence-corrected chi connectivity index (χ3v) is 4.57. The second-order valence-corrected chi connectivity index (χ2v) is 6.55. The molecule has 1 amide bonds. The number of hydrogen-bond donors (Lipinski definition) is 1. The van der Waals surface area contributed by atoms with Gasteiger partial charge in [0.15, 0.2) is 11.6 Å². The quantitative estimate of drug-likeness (QED) is 0.873. The van der Waals surface area contributed by atoms with E-state index >= 15 is 0 Å². The summed E-state index contributed by atoms with van der Waals surface area (Å²) >= 11 is 5.90. The van der Waals surface area contributed by atoms with Crippen LogP contribution in [0.3, 0.4) is 0 Å². The molecule has 1 aliphatic heterocycles. The van der Waals surface area contributed by atoms with Gasteiger partial charge < -0.3 is 15.0 Å². The topological polar surface area (TPSA) is 54.5 Å². The first kappa shape index (κ1) is 17.5. The molecule has 1 aromatic carbocycles. The fraction of sp³-hybridized carbons (Fsp3) is 0.368. The Bertz CT molecular complexity index is 726. The van der Waals surface area contributed by atoms with Crippen LogP contribution in [0.15, 0.2) is 36.5 Å². The molecule has 1 aromatic heterocycles. The van der Waals surface area contributed by atoms with Crippen molar-refractivity contribution in [1.29, 1.82) is 0 Å². The van der Waals surface area contributed by atoms with Gasteiger partial charge in [-0.25, -0.2) is 4.98 Å². The summed E-state index contributed by atoms with van der Waals surface area (Å²) in [5.41, 5.74) is 1.40. The Labute approximate surface area is 153 Å². The number of methoxy groups -OCH3 is 1. The van der Waals surface area contributed by atoms with Crippen molar-refractivity contribution in [3.8, 4) is 5.75 Å². The highest BCUT2D eigenvalue weighted by molar-refractivity contribution is 6.30. The van der Waals surface area contributed by atoms with Crippen molar-refractivity contribution >= 4 is 29.0 Å². The van der Waals surface area contributed by atoms with E-state index in [0.717, 1.165) is 31.6 Å². The number of halogens is 1. The summed E-state index contributed by atoms with van der Waals surface area (Å²) in [7, 11) is 1.57. The van der Waals surface area contributed by atoms with Gasteiger partial charge in [0.1, 0.15) is 0 Å². The fourth-order valence-corrected chi connectivity index (χ4v) is 3.06. The molecule has 1 saturated heterocycles. The van der Waals surface area contributed by atoms with E-state index in [1.807, 2.05) is 17.0 Å². The molecule has 0 unspecified atom stereocenters. The van der Waals surface area contributed by atoms with Gasteiger partial charge in [0.2, 0.25) is 0 Å². The van der Waals surface area contributed by atoms with E-state index in [1.54, 1.807) is 31.5 Å². The lowest BCUT2D eigenvalue weighted by Gasteiger charge is -2.20. The molecule has 5 nitrogen and oxygen atoms in total.